The van der Waals surface area contributed by atoms with Crippen LogP contribution in [0.5, 0.6) is 5.75 Å². The Morgan fingerprint density at radius 3 is 2.29 bits per heavy atom. The molecule has 2 rings (SSSR count). The van der Waals surface area contributed by atoms with Crippen molar-refractivity contribution in [3.05, 3.63) is 59.2 Å². The van der Waals surface area contributed by atoms with Gasteiger partial charge in [-0.2, -0.15) is 8.42 Å². The Balaban J connectivity index is 2.14. The standard InChI is InChI=1S/C21H28N2O4S/c1-6-17(4)23(21(24)22-19-10-7-15(2)16(3)13-19)14-18-8-11-20(12-9-18)27-28(5,25)26/h7-13,17H,6,14H2,1-5H3,(H,22,24). The van der Waals surface area contributed by atoms with Gasteiger partial charge >= 0.3 is 16.1 Å². The number of aryl methyl sites for hydroxylation is 2. The zero-order valence-electron chi connectivity index (χ0n) is 17.0. The molecule has 2 aromatic rings. The molecule has 2 aromatic carbocycles. The van der Waals surface area contributed by atoms with E-state index in [1.54, 1.807) is 29.2 Å². The summed E-state index contributed by atoms with van der Waals surface area (Å²) in [7, 11) is -3.56. The summed E-state index contributed by atoms with van der Waals surface area (Å²) >= 11 is 0. The number of anilines is 1. The van der Waals surface area contributed by atoms with Gasteiger partial charge in [-0.1, -0.05) is 25.1 Å². The van der Waals surface area contributed by atoms with E-state index in [0.717, 1.165) is 29.5 Å². The Kier molecular flexibility index (Phi) is 7.07. The Bertz CT molecular complexity index is 924. The normalized spacial score (nSPS) is 12.3. The van der Waals surface area contributed by atoms with Crippen molar-refractivity contribution in [2.24, 2.45) is 0 Å². The minimum atomic E-state index is -3.56. The second kappa shape index (κ2) is 9.10. The highest BCUT2D eigenvalue weighted by Gasteiger charge is 2.20. The van der Waals surface area contributed by atoms with Crippen molar-refractivity contribution in [1.29, 1.82) is 0 Å². The second-order valence-electron chi connectivity index (χ2n) is 7.05. The van der Waals surface area contributed by atoms with Crippen molar-refractivity contribution in [3.8, 4) is 5.75 Å². The lowest BCUT2D eigenvalue weighted by molar-refractivity contribution is 0.187. The molecule has 1 N–H and O–H groups in total. The average molecular weight is 405 g/mol. The Morgan fingerprint density at radius 1 is 1.11 bits per heavy atom. The number of hydrogen-bond donors (Lipinski definition) is 1. The van der Waals surface area contributed by atoms with Crippen LogP contribution >= 0.6 is 0 Å². The maximum atomic E-state index is 12.9. The summed E-state index contributed by atoms with van der Waals surface area (Å²) in [5.74, 6) is 0.251. The molecule has 0 spiro atoms. The van der Waals surface area contributed by atoms with Crippen molar-refractivity contribution in [3.63, 3.8) is 0 Å². The minimum absolute atomic E-state index is 0.0403. The molecule has 28 heavy (non-hydrogen) atoms. The van der Waals surface area contributed by atoms with Crippen molar-refractivity contribution >= 4 is 21.8 Å². The van der Waals surface area contributed by atoms with E-state index >= 15 is 0 Å². The van der Waals surface area contributed by atoms with Crippen molar-refractivity contribution in [2.75, 3.05) is 11.6 Å². The van der Waals surface area contributed by atoms with Gasteiger partial charge in [0.25, 0.3) is 0 Å². The predicted molar refractivity (Wildman–Crippen MR) is 112 cm³/mol. The molecule has 0 bridgehead atoms. The van der Waals surface area contributed by atoms with Crippen LogP contribution in [0.4, 0.5) is 10.5 Å². The molecule has 0 aliphatic rings. The molecule has 2 amide bonds. The van der Waals surface area contributed by atoms with Gasteiger partial charge in [-0.15, -0.1) is 0 Å². The van der Waals surface area contributed by atoms with E-state index in [4.69, 9.17) is 4.18 Å². The van der Waals surface area contributed by atoms with Crippen LogP contribution in [0, 0.1) is 13.8 Å². The summed E-state index contributed by atoms with van der Waals surface area (Å²) in [5, 5.41) is 2.97. The lowest BCUT2D eigenvalue weighted by atomic mass is 10.1. The first kappa shape index (κ1) is 21.8. The average Bonchev–Trinajstić information content (AvgIpc) is 2.62. The molecule has 7 heteroatoms. The minimum Gasteiger partial charge on any atom is -0.383 e. The number of nitrogens with one attached hydrogen (secondary N) is 1. The first-order valence-electron chi connectivity index (χ1n) is 9.22. The Hall–Kier alpha value is -2.54. The predicted octanol–water partition coefficient (Wildman–Crippen LogP) is 4.47. The molecule has 0 aliphatic carbocycles. The fraction of sp³-hybridized carbons (Fsp3) is 0.381. The summed E-state index contributed by atoms with van der Waals surface area (Å²) in [6, 6.07) is 12.4. The maximum Gasteiger partial charge on any atom is 0.322 e. The van der Waals surface area contributed by atoms with E-state index in [-0.39, 0.29) is 17.8 Å². The van der Waals surface area contributed by atoms with Gasteiger partial charge in [0.2, 0.25) is 0 Å². The summed E-state index contributed by atoms with van der Waals surface area (Å²) < 4.78 is 27.3. The first-order valence-corrected chi connectivity index (χ1v) is 11.0. The highest BCUT2D eigenvalue weighted by atomic mass is 32.2. The SMILES string of the molecule is CCC(C)N(Cc1ccc(OS(C)(=O)=O)cc1)C(=O)Nc1ccc(C)c(C)c1. The van der Waals surface area contributed by atoms with Crippen LogP contribution in [0.15, 0.2) is 42.5 Å². The summed E-state index contributed by atoms with van der Waals surface area (Å²) in [6.07, 6.45) is 1.82. The highest BCUT2D eigenvalue weighted by Crippen LogP contribution is 2.19. The van der Waals surface area contributed by atoms with E-state index < -0.39 is 10.1 Å². The topological polar surface area (TPSA) is 75.7 Å². The number of hydrogen-bond acceptors (Lipinski definition) is 4. The van der Waals surface area contributed by atoms with Crippen molar-refractivity contribution < 1.29 is 17.4 Å². The van der Waals surface area contributed by atoms with E-state index in [0.29, 0.717) is 6.54 Å². The lowest BCUT2D eigenvalue weighted by Crippen LogP contribution is -2.40. The molecule has 0 radical (unpaired) electrons. The van der Waals surface area contributed by atoms with Gasteiger partial charge in [-0.3, -0.25) is 0 Å². The molecule has 1 unspecified atom stereocenters. The smallest absolute Gasteiger partial charge is 0.322 e. The number of nitrogens with zero attached hydrogens (tertiary/aromatic N) is 1. The van der Waals surface area contributed by atoms with Crippen LogP contribution in [0.2, 0.25) is 0 Å². The van der Waals surface area contributed by atoms with E-state index in [1.165, 1.54) is 5.56 Å². The van der Waals surface area contributed by atoms with Gasteiger partial charge in [0.1, 0.15) is 5.75 Å². The summed E-state index contributed by atoms with van der Waals surface area (Å²) in [4.78, 5) is 14.6. The molecule has 0 saturated heterocycles. The second-order valence-corrected chi connectivity index (χ2v) is 8.62. The zero-order valence-corrected chi connectivity index (χ0v) is 17.8. The molecule has 0 heterocycles. The molecule has 0 saturated carbocycles. The third kappa shape index (κ3) is 6.27. The van der Waals surface area contributed by atoms with Gasteiger partial charge in [-0.05, 0) is 68.1 Å². The fourth-order valence-corrected chi connectivity index (χ4v) is 3.15. The molecule has 6 nitrogen and oxygen atoms in total. The Morgan fingerprint density at radius 2 is 1.75 bits per heavy atom. The van der Waals surface area contributed by atoms with Gasteiger partial charge in [0, 0.05) is 18.3 Å². The monoisotopic (exact) mass is 404 g/mol. The first-order chi connectivity index (χ1) is 13.1. The zero-order chi connectivity index (χ0) is 20.9. The molecule has 0 aliphatic heterocycles. The molecule has 0 fully saturated rings. The van der Waals surface area contributed by atoms with Crippen molar-refractivity contribution in [2.45, 2.75) is 46.7 Å². The van der Waals surface area contributed by atoms with Crippen LogP contribution in [-0.2, 0) is 16.7 Å². The molecular formula is C21H28N2O4S. The fourth-order valence-electron chi connectivity index (χ4n) is 2.68. The van der Waals surface area contributed by atoms with Gasteiger partial charge < -0.3 is 14.4 Å². The number of carbonyl (C=O) groups excluding carboxylic acids is 1. The highest BCUT2D eigenvalue weighted by molar-refractivity contribution is 7.86. The van der Waals surface area contributed by atoms with Crippen LogP contribution in [0.25, 0.3) is 0 Å². The largest absolute Gasteiger partial charge is 0.383 e. The summed E-state index contributed by atoms with van der Waals surface area (Å²) in [5.41, 5.74) is 3.94. The van der Waals surface area contributed by atoms with E-state index in [2.05, 4.69) is 5.32 Å². The van der Waals surface area contributed by atoms with Crippen LogP contribution < -0.4 is 9.50 Å². The third-order valence-corrected chi connectivity index (χ3v) is 5.16. The summed E-state index contributed by atoms with van der Waals surface area (Å²) in [6.45, 7) is 8.48. The quantitative estimate of drug-likeness (QED) is 0.691. The molecular weight excluding hydrogens is 376 g/mol. The third-order valence-electron chi connectivity index (χ3n) is 4.67. The van der Waals surface area contributed by atoms with Crippen LogP contribution in [-0.4, -0.2) is 31.6 Å². The maximum absolute atomic E-state index is 12.9. The van der Waals surface area contributed by atoms with Crippen LogP contribution in [0.1, 0.15) is 37.0 Å². The number of amides is 2. The van der Waals surface area contributed by atoms with Crippen LogP contribution in [0.3, 0.4) is 0 Å². The van der Waals surface area contributed by atoms with E-state index in [9.17, 15) is 13.2 Å². The number of rotatable bonds is 7. The Labute approximate surface area is 167 Å². The van der Waals surface area contributed by atoms with Gasteiger partial charge in [-0.25, -0.2) is 4.79 Å². The van der Waals surface area contributed by atoms with Crippen molar-refractivity contribution in [1.82, 2.24) is 4.90 Å². The van der Waals surface area contributed by atoms with Gasteiger partial charge in [0.15, 0.2) is 0 Å². The number of benzene rings is 2. The lowest BCUT2D eigenvalue weighted by Gasteiger charge is -2.29. The molecule has 152 valence electrons. The van der Waals surface area contributed by atoms with E-state index in [1.807, 2.05) is 45.9 Å². The van der Waals surface area contributed by atoms with Gasteiger partial charge in [0.05, 0.1) is 6.26 Å². The number of carbonyl (C=O) groups is 1. The molecule has 1 atom stereocenters. The molecule has 0 aromatic heterocycles. The number of urea groups is 1.